The molecule has 1 aliphatic heterocycles. The lowest BCUT2D eigenvalue weighted by atomic mass is 9.94. The molecule has 0 saturated heterocycles. The Labute approximate surface area is 81.7 Å². The monoisotopic (exact) mass is 255 g/mol. The molecule has 1 nitrogen and oxygen atoms in total. The maximum Gasteiger partial charge on any atom is 0.113 e. The van der Waals surface area contributed by atoms with Gasteiger partial charge in [-0.3, -0.25) is 0 Å². The molecule has 54 valence electrons. The molecule has 0 N–H and O–H groups in total. The van der Waals surface area contributed by atoms with Crippen molar-refractivity contribution in [3.05, 3.63) is 23.8 Å². The van der Waals surface area contributed by atoms with E-state index in [1.54, 1.807) is 0 Å². The highest BCUT2D eigenvalue weighted by atomic mass is 127. The van der Waals surface area contributed by atoms with Crippen LogP contribution in [0.15, 0.2) is 18.2 Å². The first-order valence-electron chi connectivity index (χ1n) is 3.59. The zero-order chi connectivity index (χ0) is 7.84. The van der Waals surface area contributed by atoms with E-state index in [1.165, 1.54) is 11.3 Å². The second kappa shape index (κ2) is 2.70. The van der Waals surface area contributed by atoms with Crippen LogP contribution in [0.25, 0.3) is 0 Å². The van der Waals surface area contributed by atoms with Crippen LogP contribution < -0.4 is 8.58 Å². The highest BCUT2D eigenvalue weighted by Crippen LogP contribution is 2.28. The highest BCUT2D eigenvalue weighted by Gasteiger charge is 2.15. The van der Waals surface area contributed by atoms with Gasteiger partial charge in [0, 0.05) is 12.2 Å². The molecule has 3 heteroatoms. The number of fused-ring (bicyclic) bond motifs is 1. The van der Waals surface area contributed by atoms with Crippen LogP contribution in [0.4, 0.5) is 5.69 Å². The van der Waals surface area contributed by atoms with Crippen LogP contribution in [0.2, 0.25) is 0 Å². The SMILES string of the molecule is [B]c1ccc2c(c1)N(I)CC2. The van der Waals surface area contributed by atoms with Gasteiger partial charge in [-0.1, -0.05) is 17.6 Å². The lowest BCUT2D eigenvalue weighted by molar-refractivity contribution is 1.07. The number of halogens is 1. The third-order valence-corrected chi connectivity index (χ3v) is 2.95. The van der Waals surface area contributed by atoms with E-state index in [0.29, 0.717) is 0 Å². The Hall–Kier alpha value is -0.185. The largest absolute Gasteiger partial charge is 0.314 e. The van der Waals surface area contributed by atoms with Gasteiger partial charge < -0.3 is 3.11 Å². The van der Waals surface area contributed by atoms with Crippen molar-refractivity contribution in [1.82, 2.24) is 0 Å². The zero-order valence-electron chi connectivity index (χ0n) is 6.05. The first-order chi connectivity index (χ1) is 5.27. The summed E-state index contributed by atoms with van der Waals surface area (Å²) < 4.78 is 2.21. The normalized spacial score (nSPS) is 15.2. The number of hydrogen-bond acceptors (Lipinski definition) is 1. The summed E-state index contributed by atoms with van der Waals surface area (Å²) in [5, 5.41) is 0. The van der Waals surface area contributed by atoms with E-state index in [1.807, 2.05) is 12.1 Å². The Bertz CT molecular complexity index is 287. The predicted octanol–water partition coefficient (Wildman–Crippen LogP) is 1.19. The summed E-state index contributed by atoms with van der Waals surface area (Å²) in [7, 11) is 5.66. The van der Waals surface area contributed by atoms with Crippen molar-refractivity contribution < 1.29 is 0 Å². The van der Waals surface area contributed by atoms with Crippen LogP contribution in [-0.2, 0) is 6.42 Å². The van der Waals surface area contributed by atoms with Crippen molar-refractivity contribution in [2.45, 2.75) is 6.42 Å². The standard InChI is InChI=1S/C8H7BIN/c9-7-2-1-6-3-4-11(10)8(6)5-7/h1-2,5H,3-4H2. The fourth-order valence-corrected chi connectivity index (χ4v) is 2.05. The van der Waals surface area contributed by atoms with E-state index in [-0.39, 0.29) is 0 Å². The molecule has 0 aromatic heterocycles. The highest BCUT2D eigenvalue weighted by molar-refractivity contribution is 14.1. The lowest BCUT2D eigenvalue weighted by Gasteiger charge is -2.08. The number of anilines is 1. The van der Waals surface area contributed by atoms with Gasteiger partial charge in [0.05, 0.1) is 22.9 Å². The molecule has 0 fully saturated rings. The van der Waals surface area contributed by atoms with Crippen molar-refractivity contribution >= 4 is 41.9 Å². The quantitative estimate of drug-likeness (QED) is 0.382. The molecular weight excluding hydrogens is 248 g/mol. The molecule has 1 aromatic rings. The molecule has 2 rings (SSSR count). The van der Waals surface area contributed by atoms with Crippen LogP contribution in [-0.4, -0.2) is 14.4 Å². The van der Waals surface area contributed by atoms with E-state index >= 15 is 0 Å². The molecule has 11 heavy (non-hydrogen) atoms. The van der Waals surface area contributed by atoms with Crippen molar-refractivity contribution in [3.63, 3.8) is 0 Å². The minimum absolute atomic E-state index is 0.854. The van der Waals surface area contributed by atoms with E-state index in [0.717, 1.165) is 18.4 Å². The maximum atomic E-state index is 5.66. The van der Waals surface area contributed by atoms with Gasteiger partial charge in [-0.25, -0.2) is 0 Å². The Balaban J connectivity index is 2.52. The average molecular weight is 255 g/mol. The molecule has 1 aromatic carbocycles. The van der Waals surface area contributed by atoms with Gasteiger partial charge in [-0.05, 0) is 18.1 Å². The minimum Gasteiger partial charge on any atom is -0.314 e. The first kappa shape index (κ1) is 7.46. The van der Waals surface area contributed by atoms with Crippen molar-refractivity contribution in [3.8, 4) is 0 Å². The van der Waals surface area contributed by atoms with Gasteiger partial charge in [-0.2, -0.15) is 0 Å². The third-order valence-electron chi connectivity index (χ3n) is 1.95. The van der Waals surface area contributed by atoms with Crippen molar-refractivity contribution in [2.75, 3.05) is 9.66 Å². The molecule has 0 atom stereocenters. The van der Waals surface area contributed by atoms with Crippen molar-refractivity contribution in [1.29, 1.82) is 0 Å². The topological polar surface area (TPSA) is 3.24 Å². The lowest BCUT2D eigenvalue weighted by Crippen LogP contribution is -2.07. The van der Waals surface area contributed by atoms with Crippen LogP contribution in [0.1, 0.15) is 5.56 Å². The first-order valence-corrected chi connectivity index (χ1v) is 4.55. The summed E-state index contributed by atoms with van der Waals surface area (Å²) in [4.78, 5) is 0. The Kier molecular flexibility index (Phi) is 1.83. The summed E-state index contributed by atoms with van der Waals surface area (Å²) >= 11 is 2.32. The molecule has 2 radical (unpaired) electrons. The van der Waals surface area contributed by atoms with Crippen molar-refractivity contribution in [2.24, 2.45) is 0 Å². The van der Waals surface area contributed by atoms with E-state index in [2.05, 4.69) is 32.0 Å². The molecule has 0 bridgehead atoms. The smallest absolute Gasteiger partial charge is 0.113 e. The fraction of sp³-hybridized carbons (Fsp3) is 0.250. The van der Waals surface area contributed by atoms with E-state index in [9.17, 15) is 0 Å². The summed E-state index contributed by atoms with van der Waals surface area (Å²) in [5.74, 6) is 0. The molecule has 0 unspecified atom stereocenters. The second-order valence-electron chi connectivity index (χ2n) is 2.72. The number of nitrogens with zero attached hydrogens (tertiary/aromatic N) is 1. The number of rotatable bonds is 0. The summed E-state index contributed by atoms with van der Waals surface area (Å²) in [6, 6.07) is 6.12. The Morgan fingerprint density at radius 2 is 2.27 bits per heavy atom. The third kappa shape index (κ3) is 1.26. The molecule has 0 aliphatic carbocycles. The minimum atomic E-state index is 0.854. The zero-order valence-corrected chi connectivity index (χ0v) is 8.21. The Morgan fingerprint density at radius 3 is 3.09 bits per heavy atom. The summed E-state index contributed by atoms with van der Waals surface area (Å²) in [5.41, 5.74) is 3.55. The van der Waals surface area contributed by atoms with E-state index < -0.39 is 0 Å². The Morgan fingerprint density at radius 1 is 1.45 bits per heavy atom. The van der Waals surface area contributed by atoms with Gasteiger partial charge in [0.25, 0.3) is 0 Å². The molecule has 0 spiro atoms. The van der Waals surface area contributed by atoms with Gasteiger partial charge in [0.15, 0.2) is 0 Å². The van der Waals surface area contributed by atoms with Crippen LogP contribution in [0.3, 0.4) is 0 Å². The molecule has 0 amide bonds. The maximum absolute atomic E-state index is 5.66. The van der Waals surface area contributed by atoms with Crippen LogP contribution >= 0.6 is 22.9 Å². The molecule has 1 aliphatic rings. The molecule has 1 heterocycles. The van der Waals surface area contributed by atoms with Gasteiger partial charge in [0.2, 0.25) is 0 Å². The summed E-state index contributed by atoms with van der Waals surface area (Å²) in [6.45, 7) is 1.11. The van der Waals surface area contributed by atoms with Crippen LogP contribution in [0, 0.1) is 0 Å². The van der Waals surface area contributed by atoms with Gasteiger partial charge in [0.1, 0.15) is 7.85 Å². The van der Waals surface area contributed by atoms with E-state index in [4.69, 9.17) is 7.85 Å². The average Bonchev–Trinajstić information content (AvgIpc) is 2.33. The fourth-order valence-electron chi connectivity index (χ4n) is 1.36. The number of benzene rings is 1. The van der Waals surface area contributed by atoms with Gasteiger partial charge >= 0.3 is 0 Å². The molecular formula is C8H7BIN. The second-order valence-corrected chi connectivity index (χ2v) is 3.89. The molecule has 0 saturated carbocycles. The van der Waals surface area contributed by atoms with Crippen LogP contribution in [0.5, 0.6) is 0 Å². The van der Waals surface area contributed by atoms with Gasteiger partial charge in [-0.15, -0.1) is 0 Å². The number of hydrogen-bond donors (Lipinski definition) is 0. The predicted molar refractivity (Wildman–Crippen MR) is 56.9 cm³/mol. The summed E-state index contributed by atoms with van der Waals surface area (Å²) in [6.07, 6.45) is 1.15.